The highest BCUT2D eigenvalue weighted by atomic mass is 32.1. The summed E-state index contributed by atoms with van der Waals surface area (Å²) >= 11 is 1.67. The normalized spacial score (nSPS) is 17.5. The van der Waals surface area contributed by atoms with Crippen molar-refractivity contribution in [2.24, 2.45) is 0 Å². The lowest BCUT2D eigenvalue weighted by Crippen LogP contribution is -2.33. The molecule has 1 aliphatic carbocycles. The standard InChI is InChI=1S/C29H32N6O2S/c1-29(2)12-23-19(14-37-29)20(13-36-18-5-3-4-6-18)24-25-26(38-28(24)35-23)27(34-16-33-25)30-10-9-17-7-8-21-22(11-17)32-15-31-21/h7-8,11,15-16,18H,3-6,9-10,12-14H2,1-2H3,(H,31,32)(H,30,33,34). The predicted octanol–water partition coefficient (Wildman–Crippen LogP) is 6.08. The van der Waals surface area contributed by atoms with Crippen LogP contribution in [-0.2, 0) is 35.5 Å². The van der Waals surface area contributed by atoms with Crippen LogP contribution >= 0.6 is 11.3 Å². The second-order valence-corrected chi connectivity index (χ2v) is 12.1. The summed E-state index contributed by atoms with van der Waals surface area (Å²) < 4.78 is 13.7. The molecular formula is C29H32N6O2S. The molecule has 0 radical (unpaired) electrons. The van der Waals surface area contributed by atoms with Crippen LogP contribution in [0.4, 0.5) is 5.82 Å². The van der Waals surface area contributed by atoms with Crippen molar-refractivity contribution >= 4 is 48.6 Å². The summed E-state index contributed by atoms with van der Waals surface area (Å²) in [7, 11) is 0. The number of nitrogens with zero attached hydrogens (tertiary/aromatic N) is 4. The van der Waals surface area contributed by atoms with E-state index in [1.54, 1.807) is 24.0 Å². The van der Waals surface area contributed by atoms with E-state index in [9.17, 15) is 0 Å². The molecule has 5 heterocycles. The highest BCUT2D eigenvalue weighted by Crippen LogP contribution is 2.41. The third-order valence-corrected chi connectivity index (χ3v) is 8.94. The average molecular weight is 529 g/mol. The van der Waals surface area contributed by atoms with Gasteiger partial charge < -0.3 is 19.8 Å². The van der Waals surface area contributed by atoms with Gasteiger partial charge in [-0.2, -0.15) is 0 Å². The van der Waals surface area contributed by atoms with Crippen LogP contribution in [0.15, 0.2) is 30.9 Å². The van der Waals surface area contributed by atoms with Crippen molar-refractivity contribution in [2.45, 2.75) is 77.3 Å². The van der Waals surface area contributed by atoms with Crippen molar-refractivity contribution in [1.29, 1.82) is 0 Å². The summed E-state index contributed by atoms with van der Waals surface area (Å²) in [6.07, 6.45) is 10.2. The van der Waals surface area contributed by atoms with Gasteiger partial charge in [0.15, 0.2) is 0 Å². The lowest BCUT2D eigenvalue weighted by atomic mass is 9.92. The third-order valence-electron chi connectivity index (χ3n) is 7.86. The Morgan fingerprint density at radius 2 is 2.08 bits per heavy atom. The number of aromatic amines is 1. The molecule has 38 heavy (non-hydrogen) atoms. The first-order valence-electron chi connectivity index (χ1n) is 13.5. The Labute approximate surface area is 225 Å². The molecule has 1 fully saturated rings. The summed E-state index contributed by atoms with van der Waals surface area (Å²) in [5, 5.41) is 4.67. The zero-order valence-corrected chi connectivity index (χ0v) is 22.7. The maximum Gasteiger partial charge on any atom is 0.147 e. The van der Waals surface area contributed by atoms with Gasteiger partial charge in [-0.15, -0.1) is 11.3 Å². The number of pyridine rings is 1. The number of aromatic nitrogens is 5. The van der Waals surface area contributed by atoms with E-state index in [0.717, 1.165) is 75.2 Å². The molecule has 9 heteroatoms. The first-order chi connectivity index (χ1) is 18.5. The molecule has 0 unspecified atom stereocenters. The van der Waals surface area contributed by atoms with Crippen molar-refractivity contribution < 1.29 is 9.47 Å². The Kier molecular flexibility index (Phi) is 6.02. The molecule has 0 atom stereocenters. The van der Waals surface area contributed by atoms with E-state index in [1.807, 2.05) is 0 Å². The van der Waals surface area contributed by atoms with Crippen LogP contribution in [0.2, 0.25) is 0 Å². The molecule has 1 aromatic carbocycles. The number of thiophene rings is 1. The Balaban J connectivity index is 1.23. The Bertz CT molecular complexity index is 1640. The van der Waals surface area contributed by atoms with Crippen molar-refractivity contribution in [2.75, 3.05) is 11.9 Å². The summed E-state index contributed by atoms with van der Waals surface area (Å²) in [6.45, 7) is 6.18. The van der Waals surface area contributed by atoms with Gasteiger partial charge in [-0.3, -0.25) is 0 Å². The molecule has 8 nitrogen and oxygen atoms in total. The fraction of sp³-hybridized carbons (Fsp3) is 0.448. The number of imidazole rings is 1. The van der Waals surface area contributed by atoms with Gasteiger partial charge >= 0.3 is 0 Å². The Morgan fingerprint density at radius 1 is 1.18 bits per heavy atom. The first-order valence-corrected chi connectivity index (χ1v) is 14.3. The predicted molar refractivity (Wildman–Crippen MR) is 151 cm³/mol. The zero-order valence-electron chi connectivity index (χ0n) is 21.8. The van der Waals surface area contributed by atoms with Crippen molar-refractivity contribution in [3.8, 4) is 0 Å². The maximum atomic E-state index is 6.46. The van der Waals surface area contributed by atoms with E-state index >= 15 is 0 Å². The van der Waals surface area contributed by atoms with Crippen LogP contribution in [0, 0.1) is 0 Å². The van der Waals surface area contributed by atoms with E-state index < -0.39 is 0 Å². The number of hydrogen-bond acceptors (Lipinski definition) is 8. The number of nitrogens with one attached hydrogen (secondary N) is 2. The summed E-state index contributed by atoms with van der Waals surface area (Å²) in [5.41, 5.74) is 7.52. The minimum Gasteiger partial charge on any atom is -0.374 e. The molecular weight excluding hydrogens is 496 g/mol. The molecule has 0 amide bonds. The minimum absolute atomic E-state index is 0.223. The second kappa shape index (κ2) is 9.55. The van der Waals surface area contributed by atoms with Crippen molar-refractivity contribution in [3.63, 3.8) is 0 Å². The van der Waals surface area contributed by atoms with Crippen LogP contribution in [-0.4, -0.2) is 43.2 Å². The van der Waals surface area contributed by atoms with Crippen LogP contribution in [0.3, 0.4) is 0 Å². The van der Waals surface area contributed by atoms with Crippen molar-refractivity contribution in [1.82, 2.24) is 24.9 Å². The zero-order chi connectivity index (χ0) is 25.7. The van der Waals surface area contributed by atoms with Gasteiger partial charge in [-0.1, -0.05) is 18.9 Å². The first kappa shape index (κ1) is 23.9. The molecule has 7 rings (SSSR count). The molecule has 4 aromatic heterocycles. The molecule has 0 spiro atoms. The van der Waals surface area contributed by atoms with Gasteiger partial charge in [0.2, 0.25) is 0 Å². The fourth-order valence-electron chi connectivity index (χ4n) is 5.81. The van der Waals surface area contributed by atoms with Crippen LogP contribution in [0.5, 0.6) is 0 Å². The number of fused-ring (bicyclic) bond motifs is 5. The van der Waals surface area contributed by atoms with Crippen LogP contribution in [0.25, 0.3) is 31.5 Å². The van der Waals surface area contributed by atoms with E-state index in [2.05, 4.69) is 52.3 Å². The highest BCUT2D eigenvalue weighted by Gasteiger charge is 2.31. The van der Waals surface area contributed by atoms with E-state index in [0.29, 0.717) is 19.3 Å². The Hall–Kier alpha value is -3.14. The van der Waals surface area contributed by atoms with Crippen LogP contribution < -0.4 is 5.32 Å². The molecule has 2 N–H and O–H groups in total. The quantitative estimate of drug-likeness (QED) is 0.264. The maximum absolute atomic E-state index is 6.46. The summed E-state index contributed by atoms with van der Waals surface area (Å²) in [4.78, 5) is 23.0. The number of ether oxygens (including phenoxy) is 2. The van der Waals surface area contributed by atoms with Gasteiger partial charge in [0.05, 0.1) is 58.2 Å². The average Bonchev–Trinajstić information content (AvgIpc) is 3.66. The number of hydrogen-bond donors (Lipinski definition) is 2. The van der Waals surface area contributed by atoms with E-state index in [1.165, 1.54) is 29.5 Å². The number of anilines is 1. The molecule has 196 valence electrons. The topological polar surface area (TPSA) is 97.8 Å². The number of benzene rings is 1. The van der Waals surface area contributed by atoms with E-state index in [-0.39, 0.29) is 5.60 Å². The molecule has 5 aromatic rings. The summed E-state index contributed by atoms with van der Waals surface area (Å²) in [5.74, 6) is 0.859. The fourth-order valence-corrected chi connectivity index (χ4v) is 6.95. The number of rotatable bonds is 7. The van der Waals surface area contributed by atoms with Gasteiger partial charge in [0, 0.05) is 23.9 Å². The lowest BCUT2D eigenvalue weighted by molar-refractivity contribution is -0.0426. The molecule has 1 aliphatic heterocycles. The third kappa shape index (κ3) is 4.42. The molecule has 2 aliphatic rings. The monoisotopic (exact) mass is 528 g/mol. The summed E-state index contributed by atoms with van der Waals surface area (Å²) in [6, 6.07) is 6.35. The van der Waals surface area contributed by atoms with Gasteiger partial charge in [-0.05, 0) is 56.4 Å². The van der Waals surface area contributed by atoms with Gasteiger partial charge in [0.1, 0.15) is 17.0 Å². The SMILES string of the molecule is CC1(C)Cc2nc3sc4c(NCCc5ccc6nc[nH]c6c5)ncnc4c3c(COC3CCCC3)c2CO1. The number of H-pyrrole nitrogens is 1. The lowest BCUT2D eigenvalue weighted by Gasteiger charge is -2.32. The molecule has 1 saturated carbocycles. The van der Waals surface area contributed by atoms with Crippen molar-refractivity contribution in [3.05, 3.63) is 53.2 Å². The minimum atomic E-state index is -0.223. The second-order valence-electron chi connectivity index (χ2n) is 11.1. The smallest absolute Gasteiger partial charge is 0.147 e. The molecule has 0 saturated heterocycles. The van der Waals surface area contributed by atoms with Crippen LogP contribution in [0.1, 0.15) is 61.9 Å². The van der Waals surface area contributed by atoms with E-state index in [4.69, 9.17) is 19.4 Å². The Morgan fingerprint density at radius 3 is 2.97 bits per heavy atom. The largest absolute Gasteiger partial charge is 0.374 e. The highest BCUT2D eigenvalue weighted by molar-refractivity contribution is 7.26. The van der Waals surface area contributed by atoms with Gasteiger partial charge in [-0.25, -0.2) is 19.9 Å². The molecule has 0 bridgehead atoms. The van der Waals surface area contributed by atoms with Gasteiger partial charge in [0.25, 0.3) is 0 Å².